The summed E-state index contributed by atoms with van der Waals surface area (Å²) in [6.07, 6.45) is 8.21. The number of amides is 1. The van der Waals surface area contributed by atoms with Crippen LogP contribution in [0.3, 0.4) is 0 Å². The van der Waals surface area contributed by atoms with E-state index in [1.54, 1.807) is 6.07 Å². The van der Waals surface area contributed by atoms with Crippen molar-refractivity contribution < 1.29 is 9.53 Å². The third kappa shape index (κ3) is 5.55. The van der Waals surface area contributed by atoms with Gasteiger partial charge >= 0.3 is 6.09 Å². The molecule has 1 aromatic carbocycles. The molecule has 1 fully saturated rings. The monoisotopic (exact) mass is 421 g/mol. The first-order valence-electron chi connectivity index (χ1n) is 10.7. The molecule has 0 aliphatic heterocycles. The van der Waals surface area contributed by atoms with Gasteiger partial charge < -0.3 is 10.1 Å². The molecule has 0 atom stereocenters. The number of hydrogen-bond donors (Lipinski definition) is 1. The number of ether oxygens (including phenoxy) is 1. The highest BCUT2D eigenvalue weighted by Crippen LogP contribution is 2.42. The Labute approximate surface area is 184 Å². The van der Waals surface area contributed by atoms with Crippen molar-refractivity contribution in [1.29, 1.82) is 0 Å². The summed E-state index contributed by atoms with van der Waals surface area (Å²) in [5.74, 6) is 2.50. The number of nitrogens with zero attached hydrogens (tertiary/aromatic N) is 2. The number of aromatic nitrogens is 2. The van der Waals surface area contributed by atoms with Gasteiger partial charge in [-0.05, 0) is 70.9 Å². The van der Waals surface area contributed by atoms with Crippen LogP contribution in [0.15, 0.2) is 41.2 Å². The molecule has 0 unspecified atom stereocenters. The van der Waals surface area contributed by atoms with E-state index < -0.39 is 11.7 Å². The second-order valence-corrected chi connectivity index (χ2v) is 9.38. The predicted octanol–water partition coefficient (Wildman–Crippen LogP) is 4.11. The third-order valence-corrected chi connectivity index (χ3v) is 5.83. The Morgan fingerprint density at radius 1 is 1.29 bits per heavy atom. The number of rotatable bonds is 4. The van der Waals surface area contributed by atoms with Gasteiger partial charge in [-0.25, -0.2) is 9.48 Å². The van der Waals surface area contributed by atoms with Crippen molar-refractivity contribution in [3.8, 4) is 12.3 Å². The van der Waals surface area contributed by atoms with Crippen LogP contribution in [0.4, 0.5) is 4.79 Å². The van der Waals surface area contributed by atoms with Crippen LogP contribution in [0, 0.1) is 19.3 Å². The zero-order chi connectivity index (χ0) is 22.6. The summed E-state index contributed by atoms with van der Waals surface area (Å²) in [6.45, 7) is 8.10. The van der Waals surface area contributed by atoms with Crippen LogP contribution in [-0.4, -0.2) is 28.0 Å². The van der Waals surface area contributed by atoms with Gasteiger partial charge in [-0.15, -0.1) is 6.42 Å². The first-order chi connectivity index (χ1) is 14.6. The van der Waals surface area contributed by atoms with Gasteiger partial charge in [-0.1, -0.05) is 29.8 Å². The fourth-order valence-corrected chi connectivity index (χ4v) is 4.26. The van der Waals surface area contributed by atoms with Gasteiger partial charge in [0.05, 0.1) is 6.04 Å². The van der Waals surface area contributed by atoms with Crippen molar-refractivity contribution in [3.63, 3.8) is 0 Å². The molecule has 1 N–H and O–H groups in total. The third-order valence-electron chi connectivity index (χ3n) is 5.83. The summed E-state index contributed by atoms with van der Waals surface area (Å²) in [7, 11) is 0. The number of alkyl carbamates (subject to hydrolysis) is 1. The van der Waals surface area contributed by atoms with Crippen LogP contribution in [0.1, 0.15) is 69.3 Å². The molecule has 1 aromatic heterocycles. The SMILES string of the molecule is C#Cc1ccc(=O)n(C2CCC(CNC(=O)OC(C)(C)C)(c3cccc(C)c3)CC2)n1. The molecule has 1 amide bonds. The molecular weight excluding hydrogens is 390 g/mol. The Morgan fingerprint density at radius 2 is 2.00 bits per heavy atom. The highest BCUT2D eigenvalue weighted by atomic mass is 16.6. The topological polar surface area (TPSA) is 73.2 Å². The van der Waals surface area contributed by atoms with Gasteiger partial charge in [0.2, 0.25) is 0 Å². The lowest BCUT2D eigenvalue weighted by Crippen LogP contribution is -2.45. The maximum absolute atomic E-state index is 12.4. The minimum atomic E-state index is -0.548. The van der Waals surface area contributed by atoms with E-state index in [4.69, 9.17) is 11.2 Å². The van der Waals surface area contributed by atoms with Crippen LogP contribution in [0.2, 0.25) is 0 Å². The summed E-state index contributed by atoms with van der Waals surface area (Å²) in [4.78, 5) is 24.7. The summed E-state index contributed by atoms with van der Waals surface area (Å²) >= 11 is 0. The van der Waals surface area contributed by atoms with E-state index in [-0.39, 0.29) is 17.0 Å². The molecular formula is C25H31N3O3. The van der Waals surface area contributed by atoms with Crippen molar-refractivity contribution >= 4 is 6.09 Å². The number of terminal acetylenes is 1. The van der Waals surface area contributed by atoms with Crippen molar-refractivity contribution in [3.05, 3.63) is 63.6 Å². The number of hydrogen-bond acceptors (Lipinski definition) is 4. The first-order valence-corrected chi connectivity index (χ1v) is 10.7. The van der Waals surface area contributed by atoms with E-state index in [0.29, 0.717) is 12.2 Å². The smallest absolute Gasteiger partial charge is 0.407 e. The molecule has 6 heteroatoms. The lowest BCUT2D eigenvalue weighted by Gasteiger charge is -2.41. The molecule has 1 aliphatic carbocycles. The van der Waals surface area contributed by atoms with E-state index in [9.17, 15) is 9.59 Å². The highest BCUT2D eigenvalue weighted by molar-refractivity contribution is 5.67. The van der Waals surface area contributed by atoms with Crippen LogP contribution >= 0.6 is 0 Å². The Hall–Kier alpha value is -3.07. The number of aryl methyl sites for hydroxylation is 1. The van der Waals surface area contributed by atoms with Crippen molar-refractivity contribution in [2.75, 3.05) is 6.54 Å². The Kier molecular flexibility index (Phi) is 6.54. The molecule has 3 rings (SSSR count). The zero-order valence-corrected chi connectivity index (χ0v) is 18.8. The second-order valence-electron chi connectivity index (χ2n) is 9.38. The second kappa shape index (κ2) is 8.97. The molecule has 164 valence electrons. The number of benzene rings is 1. The summed E-state index contributed by atoms with van der Waals surface area (Å²) < 4.78 is 6.97. The van der Waals surface area contributed by atoms with E-state index in [1.165, 1.54) is 21.9 Å². The standard InChI is InChI=1S/C25H31N3O3/c1-6-20-10-11-22(29)28(27-20)21-12-14-25(15-13-21,19-9-7-8-18(2)16-19)17-26-23(30)31-24(3,4)5/h1,7-11,16,21H,12-15,17H2,2-5H3,(H,26,30). The van der Waals surface area contributed by atoms with Crippen LogP contribution in [-0.2, 0) is 10.2 Å². The van der Waals surface area contributed by atoms with Gasteiger partial charge in [0, 0.05) is 18.0 Å². The lowest BCUT2D eigenvalue weighted by atomic mass is 9.68. The quantitative estimate of drug-likeness (QED) is 0.754. The molecule has 1 heterocycles. The lowest BCUT2D eigenvalue weighted by molar-refractivity contribution is 0.0504. The number of carbonyl (C=O) groups excluding carboxylic acids is 1. The summed E-state index contributed by atoms with van der Waals surface area (Å²) in [6, 6.07) is 11.5. The fraction of sp³-hybridized carbons (Fsp3) is 0.480. The van der Waals surface area contributed by atoms with Crippen LogP contribution in [0.5, 0.6) is 0 Å². The molecule has 0 bridgehead atoms. The van der Waals surface area contributed by atoms with Gasteiger partial charge in [0.25, 0.3) is 5.56 Å². The Morgan fingerprint density at radius 3 is 2.61 bits per heavy atom. The minimum absolute atomic E-state index is 0.0136. The number of carbonyl (C=O) groups is 1. The molecule has 2 aromatic rings. The fourth-order valence-electron chi connectivity index (χ4n) is 4.26. The normalized spacial score (nSPS) is 21.2. The van der Waals surface area contributed by atoms with Crippen molar-refractivity contribution in [1.82, 2.24) is 15.1 Å². The van der Waals surface area contributed by atoms with E-state index in [0.717, 1.165) is 25.7 Å². The van der Waals surface area contributed by atoms with E-state index >= 15 is 0 Å². The molecule has 31 heavy (non-hydrogen) atoms. The first kappa shape index (κ1) is 22.6. The summed E-state index contributed by atoms with van der Waals surface area (Å²) in [5.41, 5.74) is 1.91. The van der Waals surface area contributed by atoms with E-state index in [2.05, 4.69) is 47.5 Å². The van der Waals surface area contributed by atoms with Gasteiger partial charge in [-0.2, -0.15) is 5.10 Å². The largest absolute Gasteiger partial charge is 0.444 e. The minimum Gasteiger partial charge on any atom is -0.444 e. The maximum atomic E-state index is 12.4. The molecule has 1 saturated carbocycles. The average Bonchev–Trinajstić information content (AvgIpc) is 2.72. The van der Waals surface area contributed by atoms with Crippen molar-refractivity contribution in [2.45, 2.75) is 70.4 Å². The average molecular weight is 422 g/mol. The molecule has 0 radical (unpaired) electrons. The Bertz CT molecular complexity index is 1030. The van der Waals surface area contributed by atoms with Crippen LogP contribution in [0.25, 0.3) is 0 Å². The van der Waals surface area contributed by atoms with Gasteiger partial charge in [0.15, 0.2) is 0 Å². The maximum Gasteiger partial charge on any atom is 0.407 e. The Balaban J connectivity index is 1.82. The molecule has 0 saturated heterocycles. The van der Waals surface area contributed by atoms with E-state index in [1.807, 2.05) is 20.8 Å². The highest BCUT2D eigenvalue weighted by Gasteiger charge is 2.38. The summed E-state index contributed by atoms with van der Waals surface area (Å²) in [5, 5.41) is 7.32. The predicted molar refractivity (Wildman–Crippen MR) is 121 cm³/mol. The molecule has 6 nitrogen and oxygen atoms in total. The van der Waals surface area contributed by atoms with Gasteiger partial charge in [-0.3, -0.25) is 4.79 Å². The molecule has 0 spiro atoms. The van der Waals surface area contributed by atoms with Crippen molar-refractivity contribution in [2.24, 2.45) is 0 Å². The number of nitrogens with one attached hydrogen (secondary N) is 1. The molecule has 1 aliphatic rings. The van der Waals surface area contributed by atoms with Gasteiger partial charge in [0.1, 0.15) is 11.3 Å². The van der Waals surface area contributed by atoms with Crippen LogP contribution < -0.4 is 10.9 Å². The zero-order valence-electron chi connectivity index (χ0n) is 18.8.